The summed E-state index contributed by atoms with van der Waals surface area (Å²) >= 11 is 1.81. The molecule has 0 aliphatic heterocycles. The average Bonchev–Trinajstić information content (AvgIpc) is 2.78. The molecule has 1 heterocycles. The minimum Gasteiger partial charge on any atom is -0.396 e. The number of aliphatic hydroxyl groups is 1. The molecular formula is C14H25NOS. The molecule has 2 nitrogen and oxygen atoms in total. The lowest BCUT2D eigenvalue weighted by atomic mass is 9.83. The molecule has 0 fully saturated rings. The lowest BCUT2D eigenvalue weighted by molar-refractivity contribution is 0.110. The Kier molecular flexibility index (Phi) is 5.63. The fourth-order valence-corrected chi connectivity index (χ4v) is 3.03. The van der Waals surface area contributed by atoms with Crippen LogP contribution in [-0.4, -0.2) is 18.3 Å². The largest absolute Gasteiger partial charge is 0.396 e. The number of nitrogens with one attached hydrogen (secondary N) is 1. The van der Waals surface area contributed by atoms with E-state index in [0.29, 0.717) is 6.04 Å². The molecule has 0 aliphatic carbocycles. The molecule has 1 rings (SSSR count). The number of aliphatic hydroxyl groups excluding tert-OH is 1. The molecule has 1 aromatic heterocycles. The lowest BCUT2D eigenvalue weighted by Crippen LogP contribution is -2.37. The second-order valence-electron chi connectivity index (χ2n) is 4.94. The summed E-state index contributed by atoms with van der Waals surface area (Å²) in [6.07, 6.45) is 2.03. The minimum absolute atomic E-state index is 0.0411. The molecule has 17 heavy (non-hydrogen) atoms. The first-order valence-corrected chi connectivity index (χ1v) is 7.34. The zero-order valence-electron chi connectivity index (χ0n) is 11.4. The van der Waals surface area contributed by atoms with Crippen molar-refractivity contribution in [2.24, 2.45) is 5.41 Å². The van der Waals surface area contributed by atoms with E-state index in [9.17, 15) is 5.11 Å². The minimum atomic E-state index is 0.0411. The quantitative estimate of drug-likeness (QED) is 0.781. The van der Waals surface area contributed by atoms with Crippen LogP contribution in [0.4, 0.5) is 0 Å². The summed E-state index contributed by atoms with van der Waals surface area (Å²) in [6.45, 7) is 9.82. The van der Waals surface area contributed by atoms with Gasteiger partial charge in [0.1, 0.15) is 0 Å². The number of hydrogen-bond acceptors (Lipinski definition) is 3. The molecule has 0 amide bonds. The number of rotatable bonds is 7. The maximum absolute atomic E-state index is 9.54. The molecular weight excluding hydrogens is 230 g/mol. The van der Waals surface area contributed by atoms with Crippen molar-refractivity contribution in [1.29, 1.82) is 0 Å². The van der Waals surface area contributed by atoms with Crippen LogP contribution in [0.5, 0.6) is 0 Å². The van der Waals surface area contributed by atoms with Crippen molar-refractivity contribution in [3.63, 3.8) is 0 Å². The second-order valence-corrected chi connectivity index (χ2v) is 5.88. The highest BCUT2D eigenvalue weighted by Gasteiger charge is 2.25. The molecule has 1 unspecified atom stereocenters. The fourth-order valence-electron chi connectivity index (χ4n) is 2.07. The standard InChI is InChI=1S/C14H25NOS/c1-5-14(6-2,10-16)9-15-12(4)13-11(3)7-8-17-13/h7-8,12,15-16H,5-6,9-10H2,1-4H3. The Balaban J connectivity index is 2.58. The van der Waals surface area contributed by atoms with Crippen LogP contribution < -0.4 is 5.32 Å². The van der Waals surface area contributed by atoms with Crippen molar-refractivity contribution in [2.75, 3.05) is 13.2 Å². The lowest BCUT2D eigenvalue weighted by Gasteiger charge is -2.31. The van der Waals surface area contributed by atoms with E-state index in [4.69, 9.17) is 0 Å². The third-order valence-electron chi connectivity index (χ3n) is 3.91. The molecule has 98 valence electrons. The number of aryl methyl sites for hydroxylation is 1. The topological polar surface area (TPSA) is 32.3 Å². The summed E-state index contributed by atoms with van der Waals surface area (Å²) in [5.74, 6) is 0. The summed E-state index contributed by atoms with van der Waals surface area (Å²) in [7, 11) is 0. The Bertz CT molecular complexity index is 322. The normalized spacial score (nSPS) is 13.9. The van der Waals surface area contributed by atoms with Gasteiger partial charge in [0.25, 0.3) is 0 Å². The zero-order valence-corrected chi connectivity index (χ0v) is 12.2. The second kappa shape index (κ2) is 6.53. The van der Waals surface area contributed by atoms with Crippen LogP contribution in [0, 0.1) is 12.3 Å². The van der Waals surface area contributed by atoms with E-state index in [1.807, 2.05) is 0 Å². The van der Waals surface area contributed by atoms with Crippen molar-refractivity contribution in [2.45, 2.75) is 46.6 Å². The first-order valence-electron chi connectivity index (χ1n) is 6.46. The van der Waals surface area contributed by atoms with Crippen molar-refractivity contribution in [3.05, 3.63) is 21.9 Å². The predicted octanol–water partition coefficient (Wildman–Crippen LogP) is 3.51. The van der Waals surface area contributed by atoms with Crippen LogP contribution in [0.15, 0.2) is 11.4 Å². The third-order valence-corrected chi connectivity index (χ3v) is 5.12. The molecule has 0 aromatic carbocycles. The third kappa shape index (κ3) is 3.54. The predicted molar refractivity (Wildman–Crippen MR) is 75.6 cm³/mol. The van der Waals surface area contributed by atoms with Gasteiger partial charge in [-0.15, -0.1) is 11.3 Å². The molecule has 0 aliphatic rings. The Hall–Kier alpha value is -0.380. The van der Waals surface area contributed by atoms with Crippen LogP contribution in [0.3, 0.4) is 0 Å². The summed E-state index contributed by atoms with van der Waals surface area (Å²) in [5.41, 5.74) is 1.40. The molecule has 3 heteroatoms. The SMILES string of the molecule is CCC(CC)(CO)CNC(C)c1sccc1C. The van der Waals surface area contributed by atoms with E-state index in [1.54, 1.807) is 11.3 Å². The molecule has 1 aromatic rings. The Morgan fingerprint density at radius 3 is 2.47 bits per heavy atom. The van der Waals surface area contributed by atoms with Gasteiger partial charge in [-0.2, -0.15) is 0 Å². The van der Waals surface area contributed by atoms with Crippen LogP contribution in [0.2, 0.25) is 0 Å². The Morgan fingerprint density at radius 1 is 1.41 bits per heavy atom. The van der Waals surface area contributed by atoms with Gasteiger partial charge in [0.2, 0.25) is 0 Å². The van der Waals surface area contributed by atoms with Gasteiger partial charge in [0.15, 0.2) is 0 Å². The molecule has 0 spiro atoms. The summed E-state index contributed by atoms with van der Waals surface area (Å²) < 4.78 is 0. The van der Waals surface area contributed by atoms with Crippen LogP contribution >= 0.6 is 11.3 Å². The highest BCUT2D eigenvalue weighted by molar-refractivity contribution is 7.10. The van der Waals surface area contributed by atoms with Crippen LogP contribution in [-0.2, 0) is 0 Å². The van der Waals surface area contributed by atoms with E-state index in [-0.39, 0.29) is 12.0 Å². The summed E-state index contributed by atoms with van der Waals surface area (Å²) in [4.78, 5) is 1.41. The maximum atomic E-state index is 9.54. The zero-order chi connectivity index (χ0) is 12.9. The van der Waals surface area contributed by atoms with Crippen molar-refractivity contribution in [3.8, 4) is 0 Å². The van der Waals surface area contributed by atoms with Gasteiger partial charge in [0, 0.05) is 29.5 Å². The summed E-state index contributed by atoms with van der Waals surface area (Å²) in [6, 6.07) is 2.54. The van der Waals surface area contributed by atoms with Crippen LogP contribution in [0.1, 0.15) is 50.1 Å². The Morgan fingerprint density at radius 2 is 2.06 bits per heavy atom. The van der Waals surface area contributed by atoms with Gasteiger partial charge in [-0.05, 0) is 43.7 Å². The smallest absolute Gasteiger partial charge is 0.0499 e. The number of thiophene rings is 1. The molecule has 2 N–H and O–H groups in total. The fraction of sp³-hybridized carbons (Fsp3) is 0.714. The van der Waals surface area contributed by atoms with Gasteiger partial charge in [-0.3, -0.25) is 0 Å². The van der Waals surface area contributed by atoms with Gasteiger partial charge in [0.05, 0.1) is 0 Å². The number of hydrogen-bond donors (Lipinski definition) is 2. The van der Waals surface area contributed by atoms with Crippen molar-refractivity contribution >= 4 is 11.3 Å². The van der Waals surface area contributed by atoms with E-state index in [0.717, 1.165) is 19.4 Å². The van der Waals surface area contributed by atoms with E-state index in [2.05, 4.69) is 44.5 Å². The highest BCUT2D eigenvalue weighted by Crippen LogP contribution is 2.28. The Labute approximate surface area is 109 Å². The molecule has 0 bridgehead atoms. The van der Waals surface area contributed by atoms with Crippen molar-refractivity contribution < 1.29 is 5.11 Å². The first-order chi connectivity index (χ1) is 8.08. The first kappa shape index (κ1) is 14.7. The molecule has 0 radical (unpaired) electrons. The van der Waals surface area contributed by atoms with Gasteiger partial charge in [-0.1, -0.05) is 13.8 Å². The van der Waals surface area contributed by atoms with Crippen LogP contribution in [0.25, 0.3) is 0 Å². The maximum Gasteiger partial charge on any atom is 0.0499 e. The average molecular weight is 255 g/mol. The van der Waals surface area contributed by atoms with Gasteiger partial charge in [-0.25, -0.2) is 0 Å². The van der Waals surface area contributed by atoms with Gasteiger partial charge < -0.3 is 10.4 Å². The summed E-state index contributed by atoms with van der Waals surface area (Å²) in [5, 5.41) is 15.2. The molecule has 0 saturated carbocycles. The van der Waals surface area contributed by atoms with E-state index < -0.39 is 0 Å². The monoisotopic (exact) mass is 255 g/mol. The van der Waals surface area contributed by atoms with Gasteiger partial charge >= 0.3 is 0 Å². The molecule has 1 atom stereocenters. The van der Waals surface area contributed by atoms with Crippen molar-refractivity contribution in [1.82, 2.24) is 5.32 Å². The molecule has 0 saturated heterocycles. The van der Waals surface area contributed by atoms with E-state index >= 15 is 0 Å². The highest BCUT2D eigenvalue weighted by atomic mass is 32.1. The van der Waals surface area contributed by atoms with E-state index in [1.165, 1.54) is 10.4 Å².